The summed E-state index contributed by atoms with van der Waals surface area (Å²) >= 11 is 0. The van der Waals surface area contributed by atoms with Gasteiger partial charge >= 0.3 is 0 Å². The van der Waals surface area contributed by atoms with E-state index in [4.69, 9.17) is 0 Å². The van der Waals surface area contributed by atoms with E-state index in [1.807, 2.05) is 0 Å². The van der Waals surface area contributed by atoms with Crippen LogP contribution >= 0.6 is 0 Å². The summed E-state index contributed by atoms with van der Waals surface area (Å²) in [7, 11) is -3.42. The number of rotatable bonds is 2. The van der Waals surface area contributed by atoms with E-state index in [0.29, 0.717) is 0 Å². The second-order valence-electron chi connectivity index (χ2n) is 2.17. The molecule has 2 nitrogen and oxygen atoms in total. The minimum Gasteiger partial charge on any atom is -0.219 e. The molecule has 1 aromatic carbocycles. The number of sulfone groups is 1. The Labute approximate surface area is 70.3 Å². The van der Waals surface area contributed by atoms with Crippen molar-refractivity contribution in [1.29, 1.82) is 0 Å². The third kappa shape index (κ3) is 1.71. The zero-order chi connectivity index (χ0) is 9.19. The van der Waals surface area contributed by atoms with Gasteiger partial charge in [0.25, 0.3) is 0 Å². The first-order valence-corrected chi connectivity index (χ1v) is 4.74. The molecule has 0 bridgehead atoms. The molecule has 0 N–H and O–H groups in total. The SMILES string of the molecule is C=CS(=O)(=O)c1ccc([18F])cc1. The van der Waals surface area contributed by atoms with Crippen molar-refractivity contribution < 1.29 is 12.8 Å². The van der Waals surface area contributed by atoms with Crippen molar-refractivity contribution in [3.63, 3.8) is 0 Å². The molecule has 0 saturated carbocycles. The predicted octanol–water partition coefficient (Wildman–Crippen LogP) is 1.74. The van der Waals surface area contributed by atoms with Crippen molar-refractivity contribution in [2.45, 2.75) is 4.90 Å². The summed E-state index contributed by atoms with van der Waals surface area (Å²) < 4.78 is 34.5. The Hall–Kier alpha value is -1.16. The van der Waals surface area contributed by atoms with E-state index in [1.54, 1.807) is 0 Å². The topological polar surface area (TPSA) is 34.1 Å². The molecular formula is C8H7FO2S. The van der Waals surface area contributed by atoms with Gasteiger partial charge in [0.2, 0.25) is 0 Å². The van der Waals surface area contributed by atoms with Crippen LogP contribution in [0, 0.1) is 5.82 Å². The third-order valence-corrected chi connectivity index (χ3v) is 2.73. The van der Waals surface area contributed by atoms with E-state index < -0.39 is 15.7 Å². The highest BCUT2D eigenvalue weighted by Crippen LogP contribution is 2.11. The summed E-state index contributed by atoms with van der Waals surface area (Å²) in [5.74, 6) is -0.460. The number of hydrogen-bond donors (Lipinski definition) is 0. The average molecular weight is 185 g/mol. The molecule has 1 aromatic rings. The fourth-order valence-electron chi connectivity index (χ4n) is 0.721. The fourth-order valence-corrected chi connectivity index (χ4v) is 1.43. The van der Waals surface area contributed by atoms with E-state index in [1.165, 1.54) is 12.1 Å². The van der Waals surface area contributed by atoms with E-state index in [9.17, 15) is 12.8 Å². The van der Waals surface area contributed by atoms with Crippen LogP contribution in [0.4, 0.5) is 4.39 Å². The van der Waals surface area contributed by atoms with E-state index >= 15 is 0 Å². The van der Waals surface area contributed by atoms with Gasteiger partial charge in [0, 0.05) is 5.41 Å². The monoisotopic (exact) mass is 185 g/mol. The fraction of sp³-hybridized carbons (Fsp3) is 0. The van der Waals surface area contributed by atoms with Crippen LogP contribution < -0.4 is 0 Å². The molecule has 1 rings (SSSR count). The van der Waals surface area contributed by atoms with Gasteiger partial charge in [-0.2, -0.15) is 0 Å². The molecule has 0 radical (unpaired) electrons. The van der Waals surface area contributed by atoms with Gasteiger partial charge in [-0.05, 0) is 24.3 Å². The highest BCUT2D eigenvalue weighted by molar-refractivity contribution is 7.94. The quantitative estimate of drug-likeness (QED) is 0.658. The molecule has 4 heteroatoms. The second-order valence-corrected chi connectivity index (χ2v) is 4.06. The molecule has 12 heavy (non-hydrogen) atoms. The molecule has 0 amide bonds. The van der Waals surface area contributed by atoms with Gasteiger partial charge in [-0.1, -0.05) is 6.58 Å². The first kappa shape index (κ1) is 8.93. The largest absolute Gasteiger partial charge is 0.219 e. The van der Waals surface area contributed by atoms with Crippen LogP contribution in [-0.4, -0.2) is 8.42 Å². The Kier molecular flexibility index (Phi) is 2.28. The molecular weight excluding hydrogens is 178 g/mol. The maximum absolute atomic E-state index is 12.4. The van der Waals surface area contributed by atoms with E-state index in [-0.39, 0.29) is 4.90 Å². The summed E-state index contributed by atoms with van der Waals surface area (Å²) in [6.07, 6.45) is 0. The molecule has 0 aromatic heterocycles. The third-order valence-electron chi connectivity index (χ3n) is 1.36. The Morgan fingerprint density at radius 1 is 1.25 bits per heavy atom. The highest BCUT2D eigenvalue weighted by Gasteiger charge is 2.07. The molecule has 64 valence electrons. The van der Waals surface area contributed by atoms with Crippen LogP contribution in [0.3, 0.4) is 0 Å². The Bertz CT molecular complexity index is 378. The van der Waals surface area contributed by atoms with Gasteiger partial charge < -0.3 is 0 Å². The van der Waals surface area contributed by atoms with E-state index in [0.717, 1.165) is 17.5 Å². The Morgan fingerprint density at radius 3 is 2.17 bits per heavy atom. The zero-order valence-electron chi connectivity index (χ0n) is 6.20. The number of halogens is 1. The van der Waals surface area contributed by atoms with Crippen molar-refractivity contribution >= 4 is 9.84 Å². The molecule has 0 saturated heterocycles. The van der Waals surface area contributed by atoms with Gasteiger partial charge in [0.1, 0.15) is 5.82 Å². The van der Waals surface area contributed by atoms with Crippen LogP contribution in [0.2, 0.25) is 0 Å². The van der Waals surface area contributed by atoms with Crippen LogP contribution in [0.5, 0.6) is 0 Å². The van der Waals surface area contributed by atoms with Crippen molar-refractivity contribution in [2.75, 3.05) is 0 Å². The molecule has 0 fully saturated rings. The number of hydrogen-bond acceptors (Lipinski definition) is 2. The maximum atomic E-state index is 12.4. The lowest BCUT2D eigenvalue weighted by Gasteiger charge is -1.96. The first-order valence-electron chi connectivity index (χ1n) is 3.19. The summed E-state index contributed by atoms with van der Waals surface area (Å²) in [5.41, 5.74) is 0. The molecule has 0 aliphatic carbocycles. The molecule has 0 spiro atoms. The average Bonchev–Trinajstić information content (AvgIpc) is 2.05. The van der Waals surface area contributed by atoms with Crippen LogP contribution in [0.1, 0.15) is 0 Å². The smallest absolute Gasteiger partial charge is 0.199 e. The standard InChI is InChI=1S/C8H7FO2S/c1-2-12(10,11)8-5-3-7(9)4-6-8/h2-6H,1H2/i9-1. The lowest BCUT2D eigenvalue weighted by atomic mass is 10.3. The molecule has 0 heterocycles. The van der Waals surface area contributed by atoms with Crippen LogP contribution in [-0.2, 0) is 9.84 Å². The highest BCUT2D eigenvalue weighted by atomic mass is 32.2. The van der Waals surface area contributed by atoms with E-state index in [2.05, 4.69) is 6.58 Å². The second kappa shape index (κ2) is 3.06. The van der Waals surface area contributed by atoms with Crippen LogP contribution in [0.15, 0.2) is 41.1 Å². The molecule has 0 atom stereocenters. The van der Waals surface area contributed by atoms with Crippen molar-refractivity contribution in [3.05, 3.63) is 42.1 Å². The maximum Gasteiger partial charge on any atom is 0.199 e. The predicted molar refractivity (Wildman–Crippen MR) is 43.8 cm³/mol. The van der Waals surface area contributed by atoms with Gasteiger partial charge in [-0.15, -0.1) is 0 Å². The zero-order valence-corrected chi connectivity index (χ0v) is 7.01. The normalized spacial score (nSPS) is 11.1. The lowest BCUT2D eigenvalue weighted by molar-refractivity contribution is 0.603. The number of benzene rings is 1. The Morgan fingerprint density at radius 2 is 1.75 bits per heavy atom. The van der Waals surface area contributed by atoms with Crippen LogP contribution in [0.25, 0.3) is 0 Å². The summed E-state index contributed by atoms with van der Waals surface area (Å²) in [5, 5.41) is 0.834. The summed E-state index contributed by atoms with van der Waals surface area (Å²) in [6, 6.07) is 4.59. The molecule has 0 aliphatic heterocycles. The van der Waals surface area contributed by atoms with Gasteiger partial charge in [-0.3, -0.25) is 0 Å². The summed E-state index contributed by atoms with van der Waals surface area (Å²) in [6.45, 7) is 3.15. The van der Waals surface area contributed by atoms with Gasteiger partial charge in [-0.25, -0.2) is 12.8 Å². The van der Waals surface area contributed by atoms with Crippen molar-refractivity contribution in [1.82, 2.24) is 0 Å². The lowest BCUT2D eigenvalue weighted by Crippen LogP contribution is -1.94. The van der Waals surface area contributed by atoms with Crippen molar-refractivity contribution in [3.8, 4) is 0 Å². The van der Waals surface area contributed by atoms with Gasteiger partial charge in [0.05, 0.1) is 4.90 Å². The molecule has 0 aliphatic rings. The minimum atomic E-state index is -3.42. The van der Waals surface area contributed by atoms with Crippen molar-refractivity contribution in [2.24, 2.45) is 0 Å². The first-order chi connectivity index (χ1) is 5.56. The Balaban J connectivity index is 3.23. The molecule has 0 unspecified atom stereocenters. The van der Waals surface area contributed by atoms with Gasteiger partial charge in [0.15, 0.2) is 9.84 Å². The minimum absolute atomic E-state index is 0.0545. The summed E-state index contributed by atoms with van der Waals surface area (Å²) in [4.78, 5) is 0.0545.